The van der Waals surface area contributed by atoms with Gasteiger partial charge in [-0.25, -0.2) is 9.78 Å². The Hall–Kier alpha value is -5.90. The minimum absolute atomic E-state index is 0.0437. The van der Waals surface area contributed by atoms with E-state index in [9.17, 15) is 14.4 Å². The summed E-state index contributed by atoms with van der Waals surface area (Å²) in [6.07, 6.45) is 2.47. The lowest BCUT2D eigenvalue weighted by atomic mass is 10.0. The summed E-state index contributed by atoms with van der Waals surface area (Å²) < 4.78 is 11.4. The maximum atomic E-state index is 14.2. The number of ether oxygens (including phenoxy) is 2. The molecule has 1 aromatic heterocycles. The van der Waals surface area contributed by atoms with Crippen LogP contribution < -0.4 is 15.4 Å². The molecule has 0 saturated heterocycles. The van der Waals surface area contributed by atoms with E-state index in [2.05, 4.69) is 20.6 Å². The van der Waals surface area contributed by atoms with E-state index < -0.39 is 18.0 Å². The van der Waals surface area contributed by atoms with E-state index in [1.165, 1.54) is 11.2 Å². The van der Waals surface area contributed by atoms with Crippen molar-refractivity contribution in [3.8, 4) is 5.75 Å². The summed E-state index contributed by atoms with van der Waals surface area (Å²) in [4.78, 5) is 49.0. The molecule has 0 bridgehead atoms. The van der Waals surface area contributed by atoms with Crippen LogP contribution in [0.1, 0.15) is 40.8 Å². The fourth-order valence-corrected chi connectivity index (χ4v) is 5.20. The Morgan fingerprint density at radius 1 is 0.796 bits per heavy atom. The molecule has 5 rings (SSSR count). The Kier molecular flexibility index (Phi) is 12.6. The number of aromatic nitrogens is 2. The average Bonchev–Trinajstić information content (AvgIpc) is 3.66. The monoisotopic (exact) mass is 659 g/mol. The second-order valence-electron chi connectivity index (χ2n) is 11.8. The van der Waals surface area contributed by atoms with Crippen molar-refractivity contribution < 1.29 is 23.9 Å². The van der Waals surface area contributed by atoms with Crippen LogP contribution in [-0.4, -0.2) is 51.9 Å². The molecular formula is C39H41N5O5. The van der Waals surface area contributed by atoms with Gasteiger partial charge in [0.25, 0.3) is 0 Å². The van der Waals surface area contributed by atoms with Gasteiger partial charge in [-0.3, -0.25) is 9.59 Å². The molecule has 0 unspecified atom stereocenters. The van der Waals surface area contributed by atoms with E-state index in [0.717, 1.165) is 22.3 Å². The van der Waals surface area contributed by atoms with Crippen LogP contribution in [0.3, 0.4) is 0 Å². The summed E-state index contributed by atoms with van der Waals surface area (Å²) in [7, 11) is 0. The van der Waals surface area contributed by atoms with E-state index in [-0.39, 0.29) is 37.9 Å². The van der Waals surface area contributed by atoms with Gasteiger partial charge in [0.15, 0.2) is 0 Å². The summed E-state index contributed by atoms with van der Waals surface area (Å²) in [5.41, 5.74) is 4.39. The van der Waals surface area contributed by atoms with Crippen molar-refractivity contribution >= 4 is 17.9 Å². The fourth-order valence-electron chi connectivity index (χ4n) is 5.20. The topological polar surface area (TPSA) is 126 Å². The standard InChI is InChI=1S/C39H41N5O5/c1-29(33-15-9-4-10-16-33)22-41-37(45)25-44(24-30-17-19-35(20-18-30)48-26-31-11-5-2-6-12-31)38(46)36(21-34-23-40-28-42-34)43-39(47)49-27-32-13-7-3-8-14-32/h2-20,23,28-29,36H,21-22,24-27H2,1H3,(H,40,42)(H,41,45)(H,43,47)/t29-,36+/m1/s1. The van der Waals surface area contributed by atoms with Gasteiger partial charge < -0.3 is 30.0 Å². The summed E-state index contributed by atoms with van der Waals surface area (Å²) in [5.74, 6) is -0.00204. The maximum absolute atomic E-state index is 14.2. The first-order valence-electron chi connectivity index (χ1n) is 16.2. The van der Waals surface area contributed by atoms with Crippen LogP contribution in [0.4, 0.5) is 4.79 Å². The number of hydrogen-bond acceptors (Lipinski definition) is 6. The molecular weight excluding hydrogens is 618 g/mol. The van der Waals surface area contributed by atoms with Gasteiger partial charge in [-0.05, 0) is 40.3 Å². The maximum Gasteiger partial charge on any atom is 0.408 e. The highest BCUT2D eigenvalue weighted by molar-refractivity contribution is 5.89. The van der Waals surface area contributed by atoms with Crippen molar-refractivity contribution in [1.82, 2.24) is 25.5 Å². The fraction of sp³-hybridized carbons (Fsp3) is 0.231. The van der Waals surface area contributed by atoms with Crippen LogP contribution >= 0.6 is 0 Å². The first-order chi connectivity index (χ1) is 23.9. The Balaban J connectivity index is 1.29. The predicted octanol–water partition coefficient (Wildman–Crippen LogP) is 5.77. The summed E-state index contributed by atoms with van der Waals surface area (Å²) in [6.45, 7) is 2.81. The molecule has 10 heteroatoms. The van der Waals surface area contributed by atoms with Crippen LogP contribution in [0.15, 0.2) is 128 Å². The Morgan fingerprint density at radius 3 is 2.06 bits per heavy atom. The van der Waals surface area contributed by atoms with Crippen molar-refractivity contribution in [2.24, 2.45) is 0 Å². The van der Waals surface area contributed by atoms with Crippen LogP contribution in [0.25, 0.3) is 0 Å². The van der Waals surface area contributed by atoms with Crippen LogP contribution in [-0.2, 0) is 40.5 Å². The van der Waals surface area contributed by atoms with Crippen LogP contribution in [0.2, 0.25) is 0 Å². The van der Waals surface area contributed by atoms with Gasteiger partial charge in [-0.2, -0.15) is 0 Å². The quantitative estimate of drug-likeness (QED) is 0.123. The number of rotatable bonds is 16. The molecule has 0 fully saturated rings. The van der Waals surface area contributed by atoms with E-state index in [1.54, 1.807) is 6.20 Å². The minimum Gasteiger partial charge on any atom is -0.489 e. The summed E-state index contributed by atoms with van der Waals surface area (Å²) in [5, 5.41) is 5.70. The number of aromatic amines is 1. The smallest absolute Gasteiger partial charge is 0.408 e. The summed E-state index contributed by atoms with van der Waals surface area (Å²) in [6, 6.07) is 35.4. The summed E-state index contributed by atoms with van der Waals surface area (Å²) >= 11 is 0. The van der Waals surface area contributed by atoms with Crippen molar-refractivity contribution in [3.05, 3.63) is 156 Å². The zero-order valence-electron chi connectivity index (χ0n) is 27.5. The number of imidazole rings is 1. The molecule has 0 aliphatic rings. The lowest BCUT2D eigenvalue weighted by Crippen LogP contribution is -2.52. The van der Waals surface area contributed by atoms with Crippen molar-refractivity contribution in [2.45, 2.75) is 45.1 Å². The first kappa shape index (κ1) is 34.4. The molecule has 0 aliphatic heterocycles. The van der Waals surface area contributed by atoms with E-state index in [1.807, 2.05) is 122 Å². The second-order valence-corrected chi connectivity index (χ2v) is 11.8. The molecule has 1 heterocycles. The Labute approximate surface area is 286 Å². The number of amides is 3. The van der Waals surface area contributed by atoms with Crippen molar-refractivity contribution in [3.63, 3.8) is 0 Å². The number of hydrogen-bond donors (Lipinski definition) is 3. The molecule has 252 valence electrons. The third-order valence-corrected chi connectivity index (χ3v) is 7.95. The lowest BCUT2D eigenvalue weighted by molar-refractivity contribution is -0.138. The van der Waals surface area contributed by atoms with Gasteiger partial charge in [-0.1, -0.05) is 110 Å². The Bertz CT molecular complexity index is 1730. The molecule has 10 nitrogen and oxygen atoms in total. The first-order valence-corrected chi connectivity index (χ1v) is 16.2. The van der Waals surface area contributed by atoms with Gasteiger partial charge >= 0.3 is 6.09 Å². The van der Waals surface area contributed by atoms with Gasteiger partial charge in [0.2, 0.25) is 11.8 Å². The SMILES string of the molecule is C[C@H](CNC(=O)CN(Cc1ccc(OCc2ccccc2)cc1)C(=O)[C@H](Cc1cnc[nH]1)NC(=O)OCc1ccccc1)c1ccccc1. The molecule has 0 aliphatic carbocycles. The van der Waals surface area contributed by atoms with Gasteiger partial charge in [0, 0.05) is 31.4 Å². The third kappa shape index (κ3) is 11.1. The van der Waals surface area contributed by atoms with E-state index >= 15 is 0 Å². The molecule has 49 heavy (non-hydrogen) atoms. The number of alkyl carbamates (subject to hydrolysis) is 1. The second kappa shape index (κ2) is 17.9. The van der Waals surface area contributed by atoms with Crippen LogP contribution in [0.5, 0.6) is 5.75 Å². The number of benzene rings is 4. The third-order valence-electron chi connectivity index (χ3n) is 7.95. The molecule has 0 saturated carbocycles. The van der Waals surface area contributed by atoms with Gasteiger partial charge in [-0.15, -0.1) is 0 Å². The molecule has 0 spiro atoms. The molecule has 2 atom stereocenters. The molecule has 0 radical (unpaired) electrons. The highest BCUT2D eigenvalue weighted by Gasteiger charge is 2.29. The average molecular weight is 660 g/mol. The van der Waals surface area contributed by atoms with E-state index in [4.69, 9.17) is 9.47 Å². The highest BCUT2D eigenvalue weighted by atomic mass is 16.5. The molecule has 3 amide bonds. The van der Waals surface area contributed by atoms with Crippen LogP contribution in [0, 0.1) is 0 Å². The molecule has 5 aromatic rings. The normalized spacial score (nSPS) is 11.9. The van der Waals surface area contributed by atoms with Crippen molar-refractivity contribution in [2.75, 3.05) is 13.1 Å². The Morgan fingerprint density at radius 2 is 1.43 bits per heavy atom. The zero-order valence-corrected chi connectivity index (χ0v) is 27.5. The molecule has 4 aromatic carbocycles. The lowest BCUT2D eigenvalue weighted by Gasteiger charge is -2.28. The number of nitrogens with zero attached hydrogens (tertiary/aromatic N) is 2. The number of H-pyrrole nitrogens is 1. The van der Waals surface area contributed by atoms with Crippen molar-refractivity contribution in [1.29, 1.82) is 0 Å². The highest BCUT2D eigenvalue weighted by Crippen LogP contribution is 2.17. The number of nitrogens with one attached hydrogen (secondary N) is 3. The number of carbonyl (C=O) groups excluding carboxylic acids is 3. The van der Waals surface area contributed by atoms with E-state index in [0.29, 0.717) is 24.6 Å². The minimum atomic E-state index is -1.03. The zero-order chi connectivity index (χ0) is 34.3. The predicted molar refractivity (Wildman–Crippen MR) is 186 cm³/mol. The largest absolute Gasteiger partial charge is 0.489 e. The molecule has 3 N–H and O–H groups in total. The van der Waals surface area contributed by atoms with Gasteiger partial charge in [0.1, 0.15) is 25.0 Å². The van der Waals surface area contributed by atoms with Gasteiger partial charge in [0.05, 0.1) is 12.9 Å². The number of carbonyl (C=O) groups is 3.